The minimum Gasteiger partial charge on any atom is -0.366 e. The SMILES string of the molecule is C/C=C\C(=C/C)C(N)=O.C=CC.CCCNC(=O)ON1C(=O)CCC1=O.CCN(C)C. The molecule has 1 saturated heterocycles. The maximum Gasteiger partial charge on any atom is 0.432 e. The van der Waals surface area contributed by atoms with Gasteiger partial charge in [0.25, 0.3) is 11.8 Å². The van der Waals surface area contributed by atoms with Gasteiger partial charge in [0, 0.05) is 25.0 Å². The smallest absolute Gasteiger partial charge is 0.366 e. The number of carbonyl (C=O) groups is 4. The lowest BCUT2D eigenvalue weighted by Gasteiger charge is -2.12. The third kappa shape index (κ3) is 20.1. The Hall–Kier alpha value is -2.94. The van der Waals surface area contributed by atoms with E-state index in [4.69, 9.17) is 5.73 Å². The third-order valence-corrected chi connectivity index (χ3v) is 3.27. The number of imide groups is 1. The highest BCUT2D eigenvalue weighted by Crippen LogP contribution is 2.11. The fourth-order valence-electron chi connectivity index (χ4n) is 1.50. The van der Waals surface area contributed by atoms with Crippen LogP contribution in [0.5, 0.6) is 0 Å². The van der Waals surface area contributed by atoms with E-state index in [1.54, 1.807) is 31.2 Å². The molecule has 0 aliphatic carbocycles. The number of carbonyl (C=O) groups excluding carboxylic acids is 4. The number of allylic oxidation sites excluding steroid dienone is 3. The zero-order valence-corrected chi connectivity index (χ0v) is 20.1. The van der Waals surface area contributed by atoms with Crippen molar-refractivity contribution in [1.29, 1.82) is 0 Å². The number of hydrogen-bond acceptors (Lipinski definition) is 6. The zero-order valence-electron chi connectivity index (χ0n) is 20.1. The molecule has 0 unspecified atom stereocenters. The lowest BCUT2D eigenvalue weighted by molar-refractivity contribution is -0.171. The Morgan fingerprint density at radius 1 is 1.16 bits per heavy atom. The first-order valence-electron chi connectivity index (χ1n) is 10.2. The largest absolute Gasteiger partial charge is 0.432 e. The molecule has 1 fully saturated rings. The number of hydrogen-bond donors (Lipinski definition) is 2. The maximum atomic E-state index is 11.0. The molecule has 1 heterocycles. The van der Waals surface area contributed by atoms with Gasteiger partial charge in [0.15, 0.2) is 0 Å². The number of nitrogens with one attached hydrogen (secondary N) is 1. The Morgan fingerprint density at radius 3 is 1.87 bits per heavy atom. The van der Waals surface area contributed by atoms with E-state index in [1.807, 2.05) is 20.8 Å². The highest BCUT2D eigenvalue weighted by Gasteiger charge is 2.32. The highest BCUT2D eigenvalue weighted by atomic mass is 16.7. The molecule has 0 saturated carbocycles. The molecule has 4 amide bonds. The van der Waals surface area contributed by atoms with Crippen molar-refractivity contribution in [3.05, 3.63) is 36.5 Å². The summed E-state index contributed by atoms with van der Waals surface area (Å²) in [7, 11) is 4.11. The van der Waals surface area contributed by atoms with Crippen LogP contribution in [0.15, 0.2) is 36.5 Å². The molecule has 0 aromatic rings. The average Bonchev–Trinajstić information content (AvgIpc) is 3.03. The maximum absolute atomic E-state index is 11.0. The van der Waals surface area contributed by atoms with E-state index in [2.05, 4.69) is 42.7 Å². The van der Waals surface area contributed by atoms with E-state index in [1.165, 1.54) is 0 Å². The minimum absolute atomic E-state index is 0.111. The first-order valence-corrected chi connectivity index (χ1v) is 10.2. The van der Waals surface area contributed by atoms with Crippen LogP contribution >= 0.6 is 0 Å². The predicted octanol–water partition coefficient (Wildman–Crippen LogP) is 2.94. The van der Waals surface area contributed by atoms with Crippen molar-refractivity contribution in [2.24, 2.45) is 5.73 Å². The standard InChI is InChI=1S/C8H12N2O4.C7H11NO.C4H11N.C3H6/c1-2-5-9-8(13)14-10-6(11)3-4-7(10)12;1-3-5-6(4-2)7(8)9;1-4-5(2)3;1-3-2/h2-5H2,1H3,(H,9,13);3-5H,1-2H3,(H2,8,9);4H2,1-3H3;3H,1H2,2H3/b;5-3-,6-4+;;. The van der Waals surface area contributed by atoms with Gasteiger partial charge in [-0.2, -0.15) is 0 Å². The molecule has 0 spiro atoms. The van der Waals surface area contributed by atoms with E-state index in [9.17, 15) is 19.2 Å². The van der Waals surface area contributed by atoms with Crippen LogP contribution in [-0.2, 0) is 19.2 Å². The number of hydroxylamine groups is 2. The first kappa shape index (κ1) is 32.7. The second-order valence-corrected chi connectivity index (χ2v) is 6.30. The van der Waals surface area contributed by atoms with Crippen LogP contribution in [0.4, 0.5) is 4.79 Å². The van der Waals surface area contributed by atoms with E-state index in [0.717, 1.165) is 13.0 Å². The van der Waals surface area contributed by atoms with Gasteiger partial charge in [-0.1, -0.05) is 38.2 Å². The predicted molar refractivity (Wildman–Crippen MR) is 124 cm³/mol. The molecule has 9 nitrogen and oxygen atoms in total. The van der Waals surface area contributed by atoms with Crippen LogP contribution in [0, 0.1) is 0 Å². The summed E-state index contributed by atoms with van der Waals surface area (Å²) in [4.78, 5) is 50.0. The highest BCUT2D eigenvalue weighted by molar-refractivity contribution is 6.01. The van der Waals surface area contributed by atoms with E-state index >= 15 is 0 Å². The lowest BCUT2D eigenvalue weighted by Crippen LogP contribution is -2.37. The molecule has 1 rings (SSSR count). The van der Waals surface area contributed by atoms with Crippen LogP contribution < -0.4 is 11.1 Å². The van der Waals surface area contributed by atoms with E-state index < -0.39 is 17.9 Å². The monoisotopic (exact) mass is 440 g/mol. The van der Waals surface area contributed by atoms with Gasteiger partial charge in [-0.25, -0.2) is 4.79 Å². The van der Waals surface area contributed by atoms with Crippen LogP contribution in [0.25, 0.3) is 0 Å². The molecule has 1 aliphatic heterocycles. The van der Waals surface area contributed by atoms with Gasteiger partial charge in [0.2, 0.25) is 5.91 Å². The average molecular weight is 441 g/mol. The number of primary amides is 1. The normalized spacial score (nSPS) is 12.8. The molecule has 31 heavy (non-hydrogen) atoms. The van der Waals surface area contributed by atoms with Gasteiger partial charge in [-0.15, -0.1) is 11.6 Å². The van der Waals surface area contributed by atoms with E-state index in [0.29, 0.717) is 17.2 Å². The summed E-state index contributed by atoms with van der Waals surface area (Å²) in [6.07, 6.45) is 7.11. The summed E-state index contributed by atoms with van der Waals surface area (Å²) in [5.41, 5.74) is 5.53. The minimum atomic E-state index is -0.768. The van der Waals surface area contributed by atoms with Crippen molar-refractivity contribution in [2.45, 2.75) is 53.9 Å². The van der Waals surface area contributed by atoms with Gasteiger partial charge >= 0.3 is 6.09 Å². The quantitative estimate of drug-likeness (QED) is 0.283. The number of nitrogens with zero attached hydrogens (tertiary/aromatic N) is 2. The van der Waals surface area contributed by atoms with E-state index in [-0.39, 0.29) is 18.7 Å². The molecule has 0 aromatic heterocycles. The molecular weight excluding hydrogens is 400 g/mol. The topological polar surface area (TPSA) is 122 Å². The Balaban J connectivity index is -0.000000395. The number of amides is 4. The molecule has 3 N–H and O–H groups in total. The van der Waals surface area contributed by atoms with Crippen molar-refractivity contribution in [2.75, 3.05) is 27.2 Å². The van der Waals surface area contributed by atoms with Gasteiger partial charge in [0.05, 0.1) is 0 Å². The summed E-state index contributed by atoms with van der Waals surface area (Å²) in [5.74, 6) is -1.32. The molecule has 0 bridgehead atoms. The summed E-state index contributed by atoms with van der Waals surface area (Å²) >= 11 is 0. The van der Waals surface area contributed by atoms with Crippen LogP contribution in [0.2, 0.25) is 0 Å². The zero-order chi connectivity index (χ0) is 24.8. The van der Waals surface area contributed by atoms with Gasteiger partial charge in [0.1, 0.15) is 0 Å². The van der Waals surface area contributed by atoms with Crippen molar-refractivity contribution >= 4 is 23.8 Å². The van der Waals surface area contributed by atoms with Crippen molar-refractivity contribution in [1.82, 2.24) is 15.3 Å². The van der Waals surface area contributed by atoms with Gasteiger partial charge in [-0.05, 0) is 47.8 Å². The number of nitrogens with two attached hydrogens (primary N) is 1. The fraction of sp³-hybridized carbons (Fsp3) is 0.545. The van der Waals surface area contributed by atoms with Crippen LogP contribution in [-0.4, -0.2) is 61.0 Å². The first-order chi connectivity index (χ1) is 14.6. The third-order valence-electron chi connectivity index (χ3n) is 3.27. The van der Waals surface area contributed by atoms with Gasteiger partial charge < -0.3 is 20.8 Å². The Kier molecular flexibility index (Phi) is 23.0. The molecule has 0 radical (unpaired) electrons. The second kappa shape index (κ2) is 21.8. The Morgan fingerprint density at radius 2 is 1.61 bits per heavy atom. The lowest BCUT2D eigenvalue weighted by atomic mass is 10.2. The van der Waals surface area contributed by atoms with Gasteiger partial charge in [-0.3, -0.25) is 14.4 Å². The van der Waals surface area contributed by atoms with Crippen LogP contribution in [0.1, 0.15) is 53.9 Å². The summed E-state index contributed by atoms with van der Waals surface area (Å²) in [6.45, 7) is 14.5. The molecule has 0 aromatic carbocycles. The van der Waals surface area contributed by atoms with Crippen molar-refractivity contribution < 1.29 is 24.0 Å². The van der Waals surface area contributed by atoms with Crippen molar-refractivity contribution in [3.63, 3.8) is 0 Å². The molecule has 9 heteroatoms. The van der Waals surface area contributed by atoms with Crippen LogP contribution in [0.3, 0.4) is 0 Å². The van der Waals surface area contributed by atoms with Crippen molar-refractivity contribution in [3.8, 4) is 0 Å². The Labute approximate surface area is 186 Å². The Bertz CT molecular complexity index is 597. The molecule has 1 aliphatic rings. The number of rotatable bonds is 6. The molecular formula is C22H40N4O5. The second-order valence-electron chi connectivity index (χ2n) is 6.30. The molecule has 0 atom stereocenters. The molecule has 178 valence electrons. The summed E-state index contributed by atoms with van der Waals surface area (Å²) < 4.78 is 0. The summed E-state index contributed by atoms with van der Waals surface area (Å²) in [6, 6.07) is 0. The fourth-order valence-corrected chi connectivity index (χ4v) is 1.50. The summed E-state index contributed by atoms with van der Waals surface area (Å²) in [5, 5.41) is 2.91.